The fourth-order valence-electron chi connectivity index (χ4n) is 5.70. The second-order valence-corrected chi connectivity index (χ2v) is 11.7. The molecule has 1 aliphatic rings. The maximum atomic E-state index is 5.69. The average molecular weight is 680 g/mol. The number of benzene rings is 1. The molecule has 0 aliphatic carbocycles. The smallest absolute Gasteiger partial charge is 0.228 e. The molecule has 0 unspecified atom stereocenters. The molecule has 49 heavy (non-hydrogen) atoms. The summed E-state index contributed by atoms with van der Waals surface area (Å²) >= 11 is 0. The zero-order valence-electron chi connectivity index (χ0n) is 29.3. The molecule has 1 aromatic carbocycles. The number of piperidine rings is 1. The van der Waals surface area contributed by atoms with Crippen LogP contribution in [0.2, 0.25) is 0 Å². The molecule has 1 N–H and O–H groups in total. The summed E-state index contributed by atoms with van der Waals surface area (Å²) in [6.07, 6.45) is 5.18. The lowest BCUT2D eigenvalue weighted by atomic mass is 10.1. The van der Waals surface area contributed by atoms with Gasteiger partial charge in [-0.1, -0.05) is 12.1 Å². The van der Waals surface area contributed by atoms with Crippen LogP contribution >= 0.6 is 0 Å². The van der Waals surface area contributed by atoms with Crippen molar-refractivity contribution >= 4 is 34.6 Å². The number of oxazole rings is 1. The normalized spacial score (nSPS) is 13.7. The molecule has 5 rings (SSSR count). The molecule has 0 spiro atoms. The van der Waals surface area contributed by atoms with Gasteiger partial charge < -0.3 is 48.1 Å². The van der Waals surface area contributed by atoms with E-state index in [1.54, 1.807) is 48.0 Å². The van der Waals surface area contributed by atoms with Crippen molar-refractivity contribution in [3.05, 3.63) is 42.3 Å². The number of hydrogen-bond acceptors (Lipinski definition) is 15. The minimum absolute atomic E-state index is 0.205. The molecule has 1 aliphatic heterocycles. The van der Waals surface area contributed by atoms with Gasteiger partial charge >= 0.3 is 0 Å². The van der Waals surface area contributed by atoms with Crippen LogP contribution in [0.25, 0.3) is 22.5 Å². The predicted octanol–water partition coefficient (Wildman–Crippen LogP) is 3.50. The number of nitrogens with zero attached hydrogens (tertiary/aromatic N) is 8. The number of aromatic nitrogens is 5. The molecular formula is C34H49N9O6. The van der Waals surface area contributed by atoms with Gasteiger partial charge in [-0.05, 0) is 30.5 Å². The third kappa shape index (κ3) is 9.51. The molecule has 4 heterocycles. The van der Waals surface area contributed by atoms with Gasteiger partial charge in [-0.3, -0.25) is 0 Å². The Kier molecular flexibility index (Phi) is 13.7. The van der Waals surface area contributed by atoms with Gasteiger partial charge in [0.2, 0.25) is 17.8 Å². The third-order valence-corrected chi connectivity index (χ3v) is 8.47. The highest BCUT2D eigenvalue weighted by molar-refractivity contribution is 5.95. The number of hydrogen-bond donors (Lipinski definition) is 1. The van der Waals surface area contributed by atoms with Crippen molar-refractivity contribution in [1.82, 2.24) is 24.9 Å². The lowest BCUT2D eigenvalue weighted by Gasteiger charge is -2.33. The first-order valence-corrected chi connectivity index (χ1v) is 16.6. The van der Waals surface area contributed by atoms with E-state index < -0.39 is 0 Å². The summed E-state index contributed by atoms with van der Waals surface area (Å²) in [5, 5.41) is 3.59. The summed E-state index contributed by atoms with van der Waals surface area (Å²) in [5.41, 5.74) is 3.21. The molecule has 1 saturated heterocycles. The summed E-state index contributed by atoms with van der Waals surface area (Å²) in [6, 6.07) is 8.07. The van der Waals surface area contributed by atoms with Crippen LogP contribution in [0.1, 0.15) is 18.4 Å². The minimum atomic E-state index is 0.205. The Balaban J connectivity index is 1.63. The van der Waals surface area contributed by atoms with Crippen molar-refractivity contribution in [3.8, 4) is 11.5 Å². The summed E-state index contributed by atoms with van der Waals surface area (Å²) in [6.45, 7) is 6.38. The summed E-state index contributed by atoms with van der Waals surface area (Å²) < 4.78 is 33.0. The Morgan fingerprint density at radius 2 is 1.41 bits per heavy atom. The van der Waals surface area contributed by atoms with Crippen molar-refractivity contribution in [2.24, 2.45) is 0 Å². The zero-order valence-corrected chi connectivity index (χ0v) is 29.3. The molecule has 0 atom stereocenters. The first kappa shape index (κ1) is 36.1. The van der Waals surface area contributed by atoms with Gasteiger partial charge in [0.1, 0.15) is 17.3 Å². The van der Waals surface area contributed by atoms with E-state index in [2.05, 4.69) is 37.1 Å². The van der Waals surface area contributed by atoms with Gasteiger partial charge in [0, 0.05) is 86.9 Å². The Morgan fingerprint density at radius 1 is 0.796 bits per heavy atom. The summed E-state index contributed by atoms with van der Waals surface area (Å²) in [4.78, 5) is 31.3. The molecule has 15 nitrogen and oxygen atoms in total. The van der Waals surface area contributed by atoms with Crippen LogP contribution in [0.15, 0.2) is 41.1 Å². The Hall–Kier alpha value is -4.15. The maximum Gasteiger partial charge on any atom is 0.228 e. The van der Waals surface area contributed by atoms with Crippen molar-refractivity contribution in [2.45, 2.75) is 25.5 Å². The van der Waals surface area contributed by atoms with E-state index in [9.17, 15) is 0 Å². The van der Waals surface area contributed by atoms with Gasteiger partial charge in [-0.2, -0.15) is 9.97 Å². The second kappa shape index (κ2) is 18.6. The fraction of sp³-hybridized carbons (Fsp3) is 0.559. The monoisotopic (exact) mass is 679 g/mol. The third-order valence-electron chi connectivity index (χ3n) is 8.47. The lowest BCUT2D eigenvalue weighted by Crippen LogP contribution is -2.38. The Labute approximate surface area is 287 Å². The topological polar surface area (TPSA) is 145 Å². The highest BCUT2D eigenvalue weighted by atomic mass is 16.5. The van der Waals surface area contributed by atoms with E-state index in [-0.39, 0.29) is 6.10 Å². The Bertz CT molecular complexity index is 1550. The summed E-state index contributed by atoms with van der Waals surface area (Å²) in [7, 11) is 8.52. The maximum absolute atomic E-state index is 5.69. The molecule has 0 amide bonds. The Morgan fingerprint density at radius 3 is 1.98 bits per heavy atom. The van der Waals surface area contributed by atoms with E-state index in [0.29, 0.717) is 93.8 Å². The first-order chi connectivity index (χ1) is 24.1. The van der Waals surface area contributed by atoms with Gasteiger partial charge in [-0.15, -0.1) is 0 Å². The van der Waals surface area contributed by atoms with Gasteiger partial charge in [0.05, 0.1) is 38.7 Å². The quantitative estimate of drug-likeness (QED) is 0.145. The number of methoxy groups -OCH3 is 5. The van der Waals surface area contributed by atoms with Gasteiger partial charge in [0.15, 0.2) is 11.6 Å². The van der Waals surface area contributed by atoms with Crippen LogP contribution in [0.4, 0.5) is 23.5 Å². The highest BCUT2D eigenvalue weighted by Gasteiger charge is 2.27. The van der Waals surface area contributed by atoms with Crippen molar-refractivity contribution in [2.75, 3.05) is 121 Å². The largest absolute Gasteiger partial charge is 0.445 e. The molecular weight excluding hydrogens is 630 g/mol. The molecule has 0 saturated carbocycles. The summed E-state index contributed by atoms with van der Waals surface area (Å²) in [5.74, 6) is 3.01. The molecule has 3 aromatic heterocycles. The number of ether oxygens (including phenoxy) is 5. The predicted molar refractivity (Wildman–Crippen MR) is 189 cm³/mol. The van der Waals surface area contributed by atoms with Crippen molar-refractivity contribution in [1.29, 1.82) is 0 Å². The molecule has 4 aromatic rings. The van der Waals surface area contributed by atoms with Crippen LogP contribution in [-0.4, -0.2) is 132 Å². The van der Waals surface area contributed by atoms with E-state index in [4.69, 9.17) is 48.0 Å². The molecule has 0 bridgehead atoms. The molecule has 1 fully saturated rings. The number of fused-ring (bicyclic) bond motifs is 1. The van der Waals surface area contributed by atoms with Crippen molar-refractivity contribution < 1.29 is 28.1 Å². The fourth-order valence-corrected chi connectivity index (χ4v) is 5.70. The van der Waals surface area contributed by atoms with E-state index in [1.165, 1.54) is 0 Å². The highest BCUT2D eigenvalue weighted by Crippen LogP contribution is 2.33. The van der Waals surface area contributed by atoms with Gasteiger partial charge in [0.25, 0.3) is 0 Å². The molecule has 0 radical (unpaired) electrons. The standard InChI is InChI=1S/C34H49N9O6/c1-44-19-14-42(15-20-45-2)33-38-29-28(30(39-33)36-24-25-7-6-8-26(23-25)32-35-11-18-49-32)37-34(43(16-21-46-3)17-22-47-4)40-31(29)41-12-9-27(48-5)10-13-41/h6-8,11,18,23,27H,9-10,12-17,19-22,24H2,1-5H3,(H,36,38,39). The lowest BCUT2D eigenvalue weighted by molar-refractivity contribution is 0.0818. The van der Waals surface area contributed by atoms with Crippen LogP contribution < -0.4 is 20.0 Å². The molecule has 266 valence electrons. The average Bonchev–Trinajstić information content (AvgIpc) is 3.69. The van der Waals surface area contributed by atoms with E-state index in [1.807, 2.05) is 12.1 Å². The SMILES string of the molecule is COCCN(CCOC)c1nc(N2CCC(OC)CC2)c2nc(N(CCOC)CCOC)nc(NCc3cccc(-c4ncco4)c3)c2n1. The van der Waals surface area contributed by atoms with E-state index >= 15 is 0 Å². The number of rotatable bonds is 20. The minimum Gasteiger partial charge on any atom is -0.445 e. The van der Waals surface area contributed by atoms with Crippen LogP contribution in [-0.2, 0) is 30.2 Å². The van der Waals surface area contributed by atoms with E-state index in [0.717, 1.165) is 42.9 Å². The molecule has 15 heteroatoms. The van der Waals surface area contributed by atoms with Crippen LogP contribution in [0.3, 0.4) is 0 Å². The first-order valence-electron chi connectivity index (χ1n) is 16.6. The van der Waals surface area contributed by atoms with Crippen LogP contribution in [0, 0.1) is 0 Å². The van der Waals surface area contributed by atoms with Crippen LogP contribution in [0.5, 0.6) is 0 Å². The number of anilines is 4. The van der Waals surface area contributed by atoms with Gasteiger partial charge in [-0.25, -0.2) is 15.0 Å². The second-order valence-electron chi connectivity index (χ2n) is 11.7. The zero-order chi connectivity index (χ0) is 34.4. The number of nitrogens with one attached hydrogen (secondary N) is 1. The van der Waals surface area contributed by atoms with Crippen molar-refractivity contribution in [3.63, 3.8) is 0 Å².